The van der Waals surface area contributed by atoms with Gasteiger partial charge < -0.3 is 16.2 Å². The first-order valence-electron chi connectivity index (χ1n) is 4.96. The molecule has 0 atom stereocenters. The summed E-state index contributed by atoms with van der Waals surface area (Å²) in [5, 5.41) is 17.8. The van der Waals surface area contributed by atoms with E-state index in [9.17, 15) is 14.4 Å². The number of amides is 2. The second-order valence-corrected chi connectivity index (χ2v) is 4.14. The lowest BCUT2D eigenvalue weighted by atomic mass is 10.1. The van der Waals surface area contributed by atoms with E-state index in [-0.39, 0.29) is 5.69 Å². The zero-order chi connectivity index (χ0) is 13.9. The Morgan fingerprint density at radius 3 is 2.61 bits per heavy atom. The van der Waals surface area contributed by atoms with Gasteiger partial charge in [-0.05, 0) is 13.8 Å². The SMILES string of the molecule is CC(C)(NC(=O)c1cn(CC(=O)O)nn1)C(N)=O. The van der Waals surface area contributed by atoms with Crippen molar-refractivity contribution in [1.82, 2.24) is 20.3 Å². The molecular weight excluding hydrogens is 242 g/mol. The Bertz CT molecular complexity index is 493. The average Bonchev–Trinajstić information content (AvgIpc) is 2.64. The van der Waals surface area contributed by atoms with Gasteiger partial charge in [0.25, 0.3) is 5.91 Å². The van der Waals surface area contributed by atoms with Crippen molar-refractivity contribution in [1.29, 1.82) is 0 Å². The molecule has 0 bridgehead atoms. The number of rotatable bonds is 5. The number of aliphatic carboxylic acids is 1. The highest BCUT2D eigenvalue weighted by molar-refractivity contribution is 5.97. The van der Waals surface area contributed by atoms with Crippen molar-refractivity contribution in [2.24, 2.45) is 5.73 Å². The first-order chi connectivity index (χ1) is 8.22. The molecule has 4 N–H and O–H groups in total. The first-order valence-corrected chi connectivity index (χ1v) is 4.96. The van der Waals surface area contributed by atoms with Crippen molar-refractivity contribution in [3.8, 4) is 0 Å². The summed E-state index contributed by atoms with van der Waals surface area (Å²) < 4.78 is 0.995. The summed E-state index contributed by atoms with van der Waals surface area (Å²) in [7, 11) is 0. The lowest BCUT2D eigenvalue weighted by molar-refractivity contribution is -0.137. The molecule has 1 heterocycles. The molecule has 1 rings (SSSR count). The van der Waals surface area contributed by atoms with Gasteiger partial charge in [0.2, 0.25) is 5.91 Å². The summed E-state index contributed by atoms with van der Waals surface area (Å²) in [6, 6.07) is 0. The fourth-order valence-corrected chi connectivity index (χ4v) is 1.03. The van der Waals surface area contributed by atoms with Crippen molar-refractivity contribution >= 4 is 17.8 Å². The molecule has 0 aliphatic carbocycles. The van der Waals surface area contributed by atoms with Crippen molar-refractivity contribution in [3.63, 3.8) is 0 Å². The van der Waals surface area contributed by atoms with E-state index in [1.807, 2.05) is 0 Å². The second kappa shape index (κ2) is 4.82. The van der Waals surface area contributed by atoms with Crippen LogP contribution < -0.4 is 11.1 Å². The molecule has 1 aromatic heterocycles. The Hall–Kier alpha value is -2.45. The van der Waals surface area contributed by atoms with E-state index < -0.39 is 29.9 Å². The van der Waals surface area contributed by atoms with Gasteiger partial charge in [-0.15, -0.1) is 5.10 Å². The molecule has 0 saturated heterocycles. The smallest absolute Gasteiger partial charge is 0.325 e. The van der Waals surface area contributed by atoms with E-state index in [2.05, 4.69) is 15.6 Å². The molecule has 9 nitrogen and oxygen atoms in total. The molecule has 0 unspecified atom stereocenters. The molecule has 1 aromatic rings. The highest BCUT2D eigenvalue weighted by atomic mass is 16.4. The highest BCUT2D eigenvalue weighted by Gasteiger charge is 2.28. The average molecular weight is 255 g/mol. The number of aromatic nitrogens is 3. The minimum Gasteiger partial charge on any atom is -0.480 e. The maximum atomic E-state index is 11.7. The fraction of sp³-hybridized carbons (Fsp3) is 0.444. The normalized spacial score (nSPS) is 11.0. The molecule has 98 valence electrons. The number of hydrogen-bond donors (Lipinski definition) is 3. The number of nitrogens with two attached hydrogens (primary N) is 1. The van der Waals surface area contributed by atoms with Crippen molar-refractivity contribution in [3.05, 3.63) is 11.9 Å². The van der Waals surface area contributed by atoms with Crippen molar-refractivity contribution in [2.75, 3.05) is 0 Å². The Morgan fingerprint density at radius 2 is 2.11 bits per heavy atom. The predicted octanol–water partition coefficient (Wildman–Crippen LogP) is -1.64. The molecule has 2 amide bonds. The van der Waals surface area contributed by atoms with Crippen LogP contribution in [0.15, 0.2) is 6.20 Å². The van der Waals surface area contributed by atoms with E-state index in [1.54, 1.807) is 0 Å². The van der Waals surface area contributed by atoms with Gasteiger partial charge in [0.15, 0.2) is 5.69 Å². The number of carboxylic acids is 1. The Kier molecular flexibility index (Phi) is 3.64. The number of nitrogens with one attached hydrogen (secondary N) is 1. The number of primary amides is 1. The van der Waals surface area contributed by atoms with Gasteiger partial charge in [-0.25, -0.2) is 4.68 Å². The summed E-state index contributed by atoms with van der Waals surface area (Å²) in [5.41, 5.74) is 3.77. The van der Waals surface area contributed by atoms with Gasteiger partial charge in [-0.1, -0.05) is 5.21 Å². The van der Waals surface area contributed by atoms with Crippen LogP contribution in [0.25, 0.3) is 0 Å². The predicted molar refractivity (Wildman–Crippen MR) is 58.4 cm³/mol. The molecule has 9 heteroatoms. The van der Waals surface area contributed by atoms with Gasteiger partial charge in [0.1, 0.15) is 12.1 Å². The quantitative estimate of drug-likeness (QED) is 0.576. The van der Waals surface area contributed by atoms with E-state index in [1.165, 1.54) is 20.0 Å². The van der Waals surface area contributed by atoms with Crippen molar-refractivity contribution in [2.45, 2.75) is 25.9 Å². The Balaban J connectivity index is 2.76. The lowest BCUT2D eigenvalue weighted by Crippen LogP contribution is -2.53. The maximum absolute atomic E-state index is 11.7. The minimum absolute atomic E-state index is 0.0921. The number of carbonyl (C=O) groups excluding carboxylic acids is 2. The van der Waals surface area contributed by atoms with Crippen LogP contribution in [-0.4, -0.2) is 43.4 Å². The number of hydrogen-bond acceptors (Lipinski definition) is 5. The van der Waals surface area contributed by atoms with Gasteiger partial charge in [-0.3, -0.25) is 14.4 Å². The Labute approximate surface area is 102 Å². The number of carbonyl (C=O) groups is 3. The van der Waals surface area contributed by atoms with Gasteiger partial charge >= 0.3 is 5.97 Å². The summed E-state index contributed by atoms with van der Waals surface area (Å²) in [6.07, 6.45) is 1.17. The second-order valence-electron chi connectivity index (χ2n) is 4.14. The zero-order valence-corrected chi connectivity index (χ0v) is 9.88. The van der Waals surface area contributed by atoms with Gasteiger partial charge in [0, 0.05) is 0 Å². The summed E-state index contributed by atoms with van der Waals surface area (Å²) in [4.78, 5) is 33.1. The summed E-state index contributed by atoms with van der Waals surface area (Å²) >= 11 is 0. The molecule has 0 aliphatic heterocycles. The standard InChI is InChI=1S/C9H13N5O4/c1-9(2,8(10)18)11-7(17)5-3-14(13-12-5)4-6(15)16/h3H,4H2,1-2H3,(H2,10,18)(H,11,17)(H,15,16). The van der Waals surface area contributed by atoms with E-state index in [0.29, 0.717) is 0 Å². The third kappa shape index (κ3) is 3.27. The van der Waals surface area contributed by atoms with Gasteiger partial charge in [-0.2, -0.15) is 0 Å². The monoisotopic (exact) mass is 255 g/mol. The van der Waals surface area contributed by atoms with E-state index >= 15 is 0 Å². The summed E-state index contributed by atoms with van der Waals surface area (Å²) in [6.45, 7) is 2.48. The Morgan fingerprint density at radius 1 is 1.50 bits per heavy atom. The molecule has 0 saturated carbocycles. The maximum Gasteiger partial charge on any atom is 0.325 e. The van der Waals surface area contributed by atoms with E-state index in [4.69, 9.17) is 10.8 Å². The molecule has 0 radical (unpaired) electrons. The number of nitrogens with zero attached hydrogens (tertiary/aromatic N) is 3. The minimum atomic E-state index is -1.23. The van der Waals surface area contributed by atoms with Crippen LogP contribution >= 0.6 is 0 Å². The van der Waals surface area contributed by atoms with Crippen molar-refractivity contribution < 1.29 is 19.5 Å². The van der Waals surface area contributed by atoms with Crippen LogP contribution in [0.1, 0.15) is 24.3 Å². The molecule has 0 aromatic carbocycles. The summed E-state index contributed by atoms with van der Waals surface area (Å²) in [5.74, 6) is -2.46. The molecule has 18 heavy (non-hydrogen) atoms. The largest absolute Gasteiger partial charge is 0.480 e. The van der Waals surface area contributed by atoms with Crippen LogP contribution in [0, 0.1) is 0 Å². The third-order valence-corrected chi connectivity index (χ3v) is 2.11. The van der Waals surface area contributed by atoms with Crippen LogP contribution in [0.2, 0.25) is 0 Å². The van der Waals surface area contributed by atoms with Crippen LogP contribution in [-0.2, 0) is 16.1 Å². The van der Waals surface area contributed by atoms with Crippen LogP contribution in [0.3, 0.4) is 0 Å². The molecule has 0 fully saturated rings. The number of carboxylic acid groups (broad SMARTS) is 1. The topological polar surface area (TPSA) is 140 Å². The van der Waals surface area contributed by atoms with Crippen LogP contribution in [0.4, 0.5) is 0 Å². The third-order valence-electron chi connectivity index (χ3n) is 2.11. The van der Waals surface area contributed by atoms with E-state index in [0.717, 1.165) is 4.68 Å². The highest BCUT2D eigenvalue weighted by Crippen LogP contribution is 2.03. The first kappa shape index (κ1) is 13.6. The fourth-order valence-electron chi connectivity index (χ4n) is 1.03. The van der Waals surface area contributed by atoms with Crippen LogP contribution in [0.5, 0.6) is 0 Å². The zero-order valence-electron chi connectivity index (χ0n) is 9.88. The molecule has 0 aliphatic rings. The molecular formula is C9H13N5O4. The lowest BCUT2D eigenvalue weighted by Gasteiger charge is -2.21. The molecule has 0 spiro atoms. The van der Waals surface area contributed by atoms with Gasteiger partial charge in [0.05, 0.1) is 6.20 Å².